The molecule has 0 saturated carbocycles. The van der Waals surface area contributed by atoms with Gasteiger partial charge in [0.1, 0.15) is 12.4 Å². The van der Waals surface area contributed by atoms with E-state index in [1.54, 1.807) is 42.7 Å². The van der Waals surface area contributed by atoms with Gasteiger partial charge in [0.25, 0.3) is 5.91 Å². The first kappa shape index (κ1) is 21.3. The van der Waals surface area contributed by atoms with Crippen LogP contribution in [0.4, 0.5) is 5.69 Å². The molecule has 0 aliphatic carbocycles. The third kappa shape index (κ3) is 5.78. The van der Waals surface area contributed by atoms with Gasteiger partial charge >= 0.3 is 0 Å². The number of aromatic nitrogens is 1. The molecule has 154 valence electrons. The Morgan fingerprint density at radius 3 is 2.70 bits per heavy atom. The Morgan fingerprint density at radius 2 is 2.00 bits per heavy atom. The summed E-state index contributed by atoms with van der Waals surface area (Å²) in [5, 5.41) is 8.40. The summed E-state index contributed by atoms with van der Waals surface area (Å²) in [5.74, 6) is 0.293. The number of anilines is 1. The smallest absolute Gasteiger partial charge is 0.251 e. The molecule has 0 radical (unpaired) electrons. The zero-order chi connectivity index (χ0) is 21.5. The minimum Gasteiger partial charge on any atom is -0.487 e. The number of ether oxygens (including phenoxy) is 1. The van der Waals surface area contributed by atoms with Crippen molar-refractivity contribution >= 4 is 34.9 Å². The van der Waals surface area contributed by atoms with E-state index in [2.05, 4.69) is 15.6 Å². The quantitative estimate of drug-likeness (QED) is 0.556. The molecule has 7 heteroatoms. The average Bonchev–Trinajstić information content (AvgIpc) is 3.17. The summed E-state index contributed by atoms with van der Waals surface area (Å²) in [6, 6.07) is 12.6. The van der Waals surface area contributed by atoms with Gasteiger partial charge in [0.15, 0.2) is 0 Å². The molecule has 2 N–H and O–H groups in total. The standard InChI is InChI=1S/C23H23N3O3S/c1-15-11-18(23(28)24-3)8-9-21(15)26-22(27)10-7-17-5-4-6-20(12-17)29-13-19-14-30-16(2)25-19/h4-12,14H,13H2,1-3H3,(H,24,28)(H,26,27)/b10-7+. The van der Waals surface area contributed by atoms with Gasteiger partial charge in [-0.05, 0) is 61.4 Å². The lowest BCUT2D eigenvalue weighted by Crippen LogP contribution is -2.18. The number of carbonyl (C=O) groups is 2. The van der Waals surface area contributed by atoms with Crippen molar-refractivity contribution in [1.82, 2.24) is 10.3 Å². The van der Waals surface area contributed by atoms with E-state index in [1.165, 1.54) is 6.08 Å². The third-order valence-corrected chi connectivity index (χ3v) is 5.13. The molecular weight excluding hydrogens is 398 g/mol. The van der Waals surface area contributed by atoms with Crippen molar-refractivity contribution in [1.29, 1.82) is 0 Å². The zero-order valence-electron chi connectivity index (χ0n) is 17.1. The first-order valence-electron chi connectivity index (χ1n) is 9.40. The maximum atomic E-state index is 12.3. The van der Waals surface area contributed by atoms with Gasteiger partial charge in [0.2, 0.25) is 5.91 Å². The normalized spacial score (nSPS) is 10.8. The molecule has 1 heterocycles. The van der Waals surface area contributed by atoms with Crippen LogP contribution in [-0.2, 0) is 11.4 Å². The molecule has 0 atom stereocenters. The van der Waals surface area contributed by atoms with Gasteiger partial charge < -0.3 is 15.4 Å². The van der Waals surface area contributed by atoms with Crippen LogP contribution in [0.5, 0.6) is 5.75 Å². The van der Waals surface area contributed by atoms with Gasteiger partial charge in [-0.2, -0.15) is 0 Å². The van der Waals surface area contributed by atoms with E-state index in [9.17, 15) is 9.59 Å². The number of hydrogen-bond acceptors (Lipinski definition) is 5. The van der Waals surface area contributed by atoms with Crippen LogP contribution < -0.4 is 15.4 Å². The molecule has 6 nitrogen and oxygen atoms in total. The minimum absolute atomic E-state index is 0.164. The molecule has 30 heavy (non-hydrogen) atoms. The number of amides is 2. The van der Waals surface area contributed by atoms with Crippen molar-refractivity contribution in [2.45, 2.75) is 20.5 Å². The number of hydrogen-bond donors (Lipinski definition) is 2. The Hall–Kier alpha value is -3.45. The molecule has 0 saturated heterocycles. The van der Waals surface area contributed by atoms with Crippen molar-refractivity contribution in [2.24, 2.45) is 0 Å². The van der Waals surface area contributed by atoms with Crippen molar-refractivity contribution in [2.75, 3.05) is 12.4 Å². The summed E-state index contributed by atoms with van der Waals surface area (Å²) in [4.78, 5) is 28.4. The highest BCUT2D eigenvalue weighted by atomic mass is 32.1. The van der Waals surface area contributed by atoms with E-state index in [4.69, 9.17) is 4.74 Å². The molecule has 1 aromatic heterocycles. The first-order chi connectivity index (χ1) is 14.4. The summed E-state index contributed by atoms with van der Waals surface area (Å²) in [6.45, 7) is 4.21. The van der Waals surface area contributed by atoms with Crippen LogP contribution >= 0.6 is 11.3 Å². The van der Waals surface area contributed by atoms with Crippen molar-refractivity contribution in [3.8, 4) is 5.75 Å². The average molecular weight is 422 g/mol. The fourth-order valence-electron chi connectivity index (χ4n) is 2.78. The largest absolute Gasteiger partial charge is 0.487 e. The first-order valence-corrected chi connectivity index (χ1v) is 10.3. The van der Waals surface area contributed by atoms with Crippen LogP contribution in [-0.4, -0.2) is 23.8 Å². The lowest BCUT2D eigenvalue weighted by molar-refractivity contribution is -0.111. The van der Waals surface area contributed by atoms with Crippen LogP contribution in [0.1, 0.15) is 32.2 Å². The van der Waals surface area contributed by atoms with E-state index in [0.717, 1.165) is 21.8 Å². The van der Waals surface area contributed by atoms with Crippen LogP contribution in [0, 0.1) is 13.8 Å². The second-order valence-corrected chi connectivity index (χ2v) is 7.71. The van der Waals surface area contributed by atoms with Crippen molar-refractivity contribution < 1.29 is 14.3 Å². The fourth-order valence-corrected chi connectivity index (χ4v) is 3.37. The van der Waals surface area contributed by atoms with Crippen LogP contribution in [0.3, 0.4) is 0 Å². The molecule has 2 aromatic carbocycles. The third-order valence-electron chi connectivity index (χ3n) is 4.31. The number of benzene rings is 2. The fraction of sp³-hybridized carbons (Fsp3) is 0.174. The Bertz CT molecular complexity index is 1090. The number of thiazole rings is 1. The predicted molar refractivity (Wildman–Crippen MR) is 120 cm³/mol. The number of rotatable bonds is 7. The van der Waals surface area contributed by atoms with Crippen molar-refractivity contribution in [3.05, 3.63) is 81.3 Å². The lowest BCUT2D eigenvalue weighted by atomic mass is 10.1. The van der Waals surface area contributed by atoms with Gasteiger partial charge in [-0.25, -0.2) is 4.98 Å². The van der Waals surface area contributed by atoms with Gasteiger partial charge in [-0.1, -0.05) is 12.1 Å². The second-order valence-electron chi connectivity index (χ2n) is 6.65. The van der Waals surface area contributed by atoms with E-state index >= 15 is 0 Å². The van der Waals surface area contributed by atoms with Gasteiger partial charge in [-0.15, -0.1) is 11.3 Å². The molecular formula is C23H23N3O3S. The molecule has 0 aliphatic heterocycles. The molecule has 0 unspecified atom stereocenters. The highest BCUT2D eigenvalue weighted by molar-refractivity contribution is 7.09. The summed E-state index contributed by atoms with van der Waals surface area (Å²) in [6.07, 6.45) is 3.19. The molecule has 0 spiro atoms. The summed E-state index contributed by atoms with van der Waals surface area (Å²) in [7, 11) is 1.58. The van der Waals surface area contributed by atoms with E-state index in [1.807, 2.05) is 43.5 Å². The van der Waals surface area contributed by atoms with Crippen LogP contribution in [0.25, 0.3) is 6.08 Å². The van der Waals surface area contributed by atoms with E-state index < -0.39 is 0 Å². The monoisotopic (exact) mass is 421 g/mol. The Morgan fingerprint density at radius 1 is 1.17 bits per heavy atom. The maximum absolute atomic E-state index is 12.3. The van der Waals surface area contributed by atoms with Crippen molar-refractivity contribution in [3.63, 3.8) is 0 Å². The van der Waals surface area contributed by atoms with E-state index in [0.29, 0.717) is 23.6 Å². The Balaban J connectivity index is 1.60. The predicted octanol–water partition coefficient (Wildman–Crippen LogP) is 4.35. The highest BCUT2D eigenvalue weighted by Gasteiger charge is 2.07. The Kier molecular flexibility index (Phi) is 6.98. The van der Waals surface area contributed by atoms with Gasteiger partial charge in [0, 0.05) is 29.8 Å². The lowest BCUT2D eigenvalue weighted by Gasteiger charge is -2.08. The number of nitrogens with one attached hydrogen (secondary N) is 2. The number of nitrogens with zero attached hydrogens (tertiary/aromatic N) is 1. The molecule has 2 amide bonds. The number of carbonyl (C=O) groups excluding carboxylic acids is 2. The summed E-state index contributed by atoms with van der Waals surface area (Å²) >= 11 is 1.59. The molecule has 3 aromatic rings. The zero-order valence-corrected chi connectivity index (χ0v) is 17.9. The SMILES string of the molecule is CNC(=O)c1ccc(NC(=O)/C=C/c2cccc(OCc3csc(C)n3)c2)c(C)c1. The topological polar surface area (TPSA) is 80.3 Å². The second kappa shape index (κ2) is 9.84. The molecule has 3 rings (SSSR count). The molecule has 0 fully saturated rings. The summed E-state index contributed by atoms with van der Waals surface area (Å²) in [5.41, 5.74) is 3.77. The van der Waals surface area contributed by atoms with E-state index in [-0.39, 0.29) is 11.8 Å². The minimum atomic E-state index is -0.255. The molecule has 0 bridgehead atoms. The van der Waals surface area contributed by atoms with Gasteiger partial charge in [0.05, 0.1) is 10.7 Å². The maximum Gasteiger partial charge on any atom is 0.251 e. The summed E-state index contributed by atoms with van der Waals surface area (Å²) < 4.78 is 5.78. The Labute approximate surface area is 179 Å². The number of aryl methyl sites for hydroxylation is 2. The molecule has 0 aliphatic rings. The highest BCUT2D eigenvalue weighted by Crippen LogP contribution is 2.19. The van der Waals surface area contributed by atoms with Gasteiger partial charge in [-0.3, -0.25) is 9.59 Å². The van der Waals surface area contributed by atoms with Crippen LogP contribution in [0.2, 0.25) is 0 Å². The van der Waals surface area contributed by atoms with Crippen LogP contribution in [0.15, 0.2) is 53.9 Å².